The molecule has 1 aliphatic carbocycles. The van der Waals surface area contributed by atoms with Crippen LogP contribution in [0.5, 0.6) is 0 Å². The van der Waals surface area contributed by atoms with Crippen molar-refractivity contribution in [3.8, 4) is 0 Å². The summed E-state index contributed by atoms with van der Waals surface area (Å²) in [6.07, 6.45) is 1.49. The minimum absolute atomic E-state index is 0.0428. The Balaban J connectivity index is 1.95. The first-order valence-electron chi connectivity index (χ1n) is 7.01. The summed E-state index contributed by atoms with van der Waals surface area (Å²) >= 11 is 0. The van der Waals surface area contributed by atoms with E-state index in [9.17, 15) is 13.2 Å². The van der Waals surface area contributed by atoms with Crippen LogP contribution in [-0.2, 0) is 21.2 Å². The van der Waals surface area contributed by atoms with E-state index >= 15 is 0 Å². The molecule has 1 aliphatic rings. The van der Waals surface area contributed by atoms with Crippen LogP contribution in [0.15, 0.2) is 29.2 Å². The molecule has 0 saturated heterocycles. The minimum atomic E-state index is -3.48. The summed E-state index contributed by atoms with van der Waals surface area (Å²) < 4.78 is 26.9. The largest absolute Gasteiger partial charge is 0.481 e. The van der Waals surface area contributed by atoms with Gasteiger partial charge in [-0.05, 0) is 41.9 Å². The van der Waals surface area contributed by atoms with Crippen molar-refractivity contribution in [2.75, 3.05) is 6.54 Å². The molecule has 1 aromatic rings. The van der Waals surface area contributed by atoms with Crippen LogP contribution in [0.25, 0.3) is 0 Å². The molecule has 1 unspecified atom stereocenters. The Morgan fingerprint density at radius 2 is 1.90 bits per heavy atom. The van der Waals surface area contributed by atoms with Gasteiger partial charge in [0.1, 0.15) is 0 Å². The molecule has 0 spiro atoms. The lowest BCUT2D eigenvalue weighted by Gasteiger charge is -2.08. The highest BCUT2D eigenvalue weighted by molar-refractivity contribution is 7.89. The predicted molar refractivity (Wildman–Crippen MR) is 79.5 cm³/mol. The van der Waals surface area contributed by atoms with Gasteiger partial charge in [0.25, 0.3) is 0 Å². The summed E-state index contributed by atoms with van der Waals surface area (Å²) in [5, 5.41) is 8.62. The van der Waals surface area contributed by atoms with E-state index in [2.05, 4.69) is 18.6 Å². The molecule has 1 atom stereocenters. The third kappa shape index (κ3) is 4.28. The van der Waals surface area contributed by atoms with Crippen molar-refractivity contribution in [1.29, 1.82) is 0 Å². The molecule has 116 valence electrons. The Morgan fingerprint density at radius 1 is 1.33 bits per heavy atom. The van der Waals surface area contributed by atoms with Crippen LogP contribution in [0.2, 0.25) is 0 Å². The molecule has 0 heterocycles. The van der Waals surface area contributed by atoms with Crippen LogP contribution < -0.4 is 4.72 Å². The van der Waals surface area contributed by atoms with Gasteiger partial charge in [-0.1, -0.05) is 26.0 Å². The van der Waals surface area contributed by atoms with Gasteiger partial charge < -0.3 is 5.11 Å². The number of nitrogens with one attached hydrogen (secondary N) is 1. The quantitative estimate of drug-likeness (QED) is 0.807. The maximum atomic E-state index is 12.1. The molecule has 1 saturated carbocycles. The molecule has 5 nitrogen and oxygen atoms in total. The number of aryl methyl sites for hydroxylation is 1. The molecule has 0 aromatic heterocycles. The van der Waals surface area contributed by atoms with E-state index in [-0.39, 0.29) is 16.7 Å². The number of benzene rings is 1. The van der Waals surface area contributed by atoms with Gasteiger partial charge in [-0.25, -0.2) is 13.1 Å². The SMILES string of the molecule is CC1(C)CC1CNS(=O)(=O)c1ccc(CCC(=O)O)cc1. The maximum absolute atomic E-state index is 12.1. The summed E-state index contributed by atoms with van der Waals surface area (Å²) in [6.45, 7) is 4.72. The predicted octanol–water partition coefficient (Wildman–Crippen LogP) is 2.03. The lowest BCUT2D eigenvalue weighted by Crippen LogP contribution is -2.26. The average molecular weight is 311 g/mol. The zero-order chi connectivity index (χ0) is 15.7. The zero-order valence-electron chi connectivity index (χ0n) is 12.3. The second kappa shape index (κ2) is 5.77. The van der Waals surface area contributed by atoms with Gasteiger partial charge >= 0.3 is 5.97 Å². The van der Waals surface area contributed by atoms with E-state index in [0.717, 1.165) is 12.0 Å². The lowest BCUT2D eigenvalue weighted by atomic mass is 10.1. The molecule has 2 rings (SSSR count). The van der Waals surface area contributed by atoms with Gasteiger partial charge in [-0.2, -0.15) is 0 Å². The fourth-order valence-corrected chi connectivity index (χ4v) is 3.39. The Hall–Kier alpha value is -1.40. The van der Waals surface area contributed by atoms with Gasteiger partial charge in [0.05, 0.1) is 4.90 Å². The normalized spacial score (nSPS) is 20.2. The fourth-order valence-electron chi connectivity index (χ4n) is 2.30. The number of hydrogen-bond donors (Lipinski definition) is 2. The number of carboxylic acids is 1. The molecule has 0 radical (unpaired) electrons. The van der Waals surface area contributed by atoms with Crippen LogP contribution in [-0.4, -0.2) is 26.0 Å². The van der Waals surface area contributed by atoms with E-state index in [1.54, 1.807) is 12.1 Å². The Bertz CT molecular complexity index is 620. The standard InChI is InChI=1S/C15H21NO4S/c1-15(2)9-12(15)10-16-21(19,20)13-6-3-11(4-7-13)5-8-14(17)18/h3-4,6-7,12,16H,5,8-10H2,1-2H3,(H,17,18). The van der Waals surface area contributed by atoms with Crippen LogP contribution in [0.1, 0.15) is 32.3 Å². The molecule has 0 aliphatic heterocycles. The highest BCUT2D eigenvalue weighted by atomic mass is 32.2. The highest BCUT2D eigenvalue weighted by Gasteiger charge is 2.45. The number of aliphatic carboxylic acids is 1. The number of hydrogen-bond acceptors (Lipinski definition) is 3. The summed E-state index contributed by atoms with van der Waals surface area (Å²) in [5.74, 6) is -0.456. The van der Waals surface area contributed by atoms with Gasteiger partial charge in [0.2, 0.25) is 10.0 Å². The molecule has 1 aromatic carbocycles. The Morgan fingerprint density at radius 3 is 2.38 bits per heavy atom. The lowest BCUT2D eigenvalue weighted by molar-refractivity contribution is -0.136. The summed E-state index contributed by atoms with van der Waals surface area (Å²) in [4.78, 5) is 10.7. The third-order valence-corrected chi connectivity index (χ3v) is 5.54. The van der Waals surface area contributed by atoms with Gasteiger partial charge in [-0.15, -0.1) is 0 Å². The molecule has 0 amide bonds. The fraction of sp³-hybridized carbons (Fsp3) is 0.533. The second-order valence-electron chi connectivity index (χ2n) is 6.28. The van der Waals surface area contributed by atoms with E-state index in [0.29, 0.717) is 18.9 Å². The molecule has 0 bridgehead atoms. The van der Waals surface area contributed by atoms with Crippen molar-refractivity contribution in [1.82, 2.24) is 4.72 Å². The first-order chi connectivity index (χ1) is 9.71. The van der Waals surface area contributed by atoms with Crippen LogP contribution in [0, 0.1) is 11.3 Å². The summed E-state index contributed by atoms with van der Waals surface area (Å²) in [6, 6.07) is 6.38. The number of carboxylic acid groups (broad SMARTS) is 1. The second-order valence-corrected chi connectivity index (χ2v) is 8.05. The average Bonchev–Trinajstić information content (AvgIpc) is 3.02. The monoisotopic (exact) mass is 311 g/mol. The molecule has 1 fully saturated rings. The van der Waals surface area contributed by atoms with Crippen molar-refractivity contribution in [2.45, 2.75) is 38.0 Å². The molecular formula is C15H21NO4S. The highest BCUT2D eigenvalue weighted by Crippen LogP contribution is 2.51. The van der Waals surface area contributed by atoms with Crippen molar-refractivity contribution in [2.24, 2.45) is 11.3 Å². The van der Waals surface area contributed by atoms with E-state index < -0.39 is 16.0 Å². The first-order valence-corrected chi connectivity index (χ1v) is 8.49. The summed E-state index contributed by atoms with van der Waals surface area (Å²) in [5.41, 5.74) is 1.06. The van der Waals surface area contributed by atoms with Crippen molar-refractivity contribution in [3.63, 3.8) is 0 Å². The van der Waals surface area contributed by atoms with Crippen LogP contribution in [0.3, 0.4) is 0 Å². The smallest absolute Gasteiger partial charge is 0.303 e. The van der Waals surface area contributed by atoms with Gasteiger partial charge in [0.15, 0.2) is 0 Å². The third-order valence-electron chi connectivity index (χ3n) is 4.10. The Labute approximate surface area is 125 Å². The van der Waals surface area contributed by atoms with E-state index in [1.807, 2.05) is 0 Å². The van der Waals surface area contributed by atoms with Crippen molar-refractivity contribution in [3.05, 3.63) is 29.8 Å². The van der Waals surface area contributed by atoms with E-state index in [1.165, 1.54) is 12.1 Å². The topological polar surface area (TPSA) is 83.5 Å². The number of carbonyl (C=O) groups is 1. The number of sulfonamides is 1. The van der Waals surface area contributed by atoms with Crippen molar-refractivity contribution >= 4 is 16.0 Å². The van der Waals surface area contributed by atoms with Crippen LogP contribution >= 0.6 is 0 Å². The molecule has 21 heavy (non-hydrogen) atoms. The summed E-state index contributed by atoms with van der Waals surface area (Å²) in [7, 11) is -3.48. The molecule has 2 N–H and O–H groups in total. The maximum Gasteiger partial charge on any atom is 0.303 e. The number of rotatable bonds is 7. The van der Waals surface area contributed by atoms with Gasteiger partial charge in [-0.3, -0.25) is 4.79 Å². The minimum Gasteiger partial charge on any atom is -0.481 e. The zero-order valence-corrected chi connectivity index (χ0v) is 13.1. The van der Waals surface area contributed by atoms with E-state index in [4.69, 9.17) is 5.11 Å². The van der Waals surface area contributed by atoms with Gasteiger partial charge in [0, 0.05) is 13.0 Å². The van der Waals surface area contributed by atoms with Crippen molar-refractivity contribution < 1.29 is 18.3 Å². The first kappa shape index (κ1) is 16.0. The molecule has 6 heteroatoms. The van der Waals surface area contributed by atoms with Crippen LogP contribution in [0.4, 0.5) is 0 Å². The Kier molecular flexibility index (Phi) is 4.39. The molecular weight excluding hydrogens is 290 g/mol.